The maximum absolute atomic E-state index is 6.30. The maximum atomic E-state index is 6.30. The lowest BCUT2D eigenvalue weighted by Crippen LogP contribution is -2.33. The third-order valence-electron chi connectivity index (χ3n) is 6.73. The van der Waals surface area contributed by atoms with Gasteiger partial charge < -0.3 is 15.4 Å². The molecule has 1 fully saturated rings. The number of hydrogen-bond acceptors (Lipinski definition) is 6. The molecule has 0 radical (unpaired) electrons. The minimum atomic E-state index is 0.373. The fraction of sp³-hybridized carbons (Fsp3) is 0.538. The van der Waals surface area contributed by atoms with Crippen LogP contribution in [-0.4, -0.2) is 40.1 Å². The number of ether oxygens (including phenoxy) is 1. The first kappa shape index (κ1) is 22.6. The number of rotatable bonds is 8. The van der Waals surface area contributed by atoms with Crippen molar-refractivity contribution in [1.82, 2.24) is 14.9 Å². The number of likely N-dealkylation sites (tertiary alicyclic amines) is 1. The van der Waals surface area contributed by atoms with Gasteiger partial charge in [-0.1, -0.05) is 49.8 Å². The van der Waals surface area contributed by atoms with Gasteiger partial charge in [0.1, 0.15) is 11.6 Å². The van der Waals surface area contributed by atoms with Crippen molar-refractivity contribution >= 4 is 11.6 Å². The number of nitrogens with zero attached hydrogens (tertiary/aromatic N) is 4. The van der Waals surface area contributed by atoms with Crippen molar-refractivity contribution < 1.29 is 4.74 Å². The van der Waals surface area contributed by atoms with Gasteiger partial charge in [-0.05, 0) is 44.2 Å². The molecule has 2 atom stereocenters. The highest BCUT2D eigenvalue weighted by Crippen LogP contribution is 2.33. The normalized spacial score (nSPS) is 21.1. The van der Waals surface area contributed by atoms with Gasteiger partial charge in [-0.2, -0.15) is 9.97 Å². The Labute approximate surface area is 192 Å². The van der Waals surface area contributed by atoms with Crippen molar-refractivity contribution in [3.63, 3.8) is 0 Å². The van der Waals surface area contributed by atoms with Crippen molar-refractivity contribution in [1.29, 1.82) is 0 Å². The maximum Gasteiger partial charge on any atom is 0.320 e. The van der Waals surface area contributed by atoms with E-state index in [0.29, 0.717) is 30.5 Å². The number of anilines is 2. The van der Waals surface area contributed by atoms with Crippen LogP contribution in [0, 0.1) is 0 Å². The molecule has 4 rings (SSSR count). The summed E-state index contributed by atoms with van der Waals surface area (Å²) in [4.78, 5) is 14.0. The zero-order valence-electron chi connectivity index (χ0n) is 19.8. The van der Waals surface area contributed by atoms with Crippen LogP contribution in [-0.2, 0) is 19.5 Å². The van der Waals surface area contributed by atoms with Crippen molar-refractivity contribution in [3.05, 3.63) is 53.1 Å². The second-order valence-electron chi connectivity index (χ2n) is 9.45. The van der Waals surface area contributed by atoms with E-state index in [1.165, 1.54) is 24.0 Å². The number of nitrogen functional groups attached to an aromatic ring is 1. The zero-order chi connectivity index (χ0) is 22.7. The Bertz CT molecular complexity index is 949. The minimum Gasteiger partial charge on any atom is -0.463 e. The van der Waals surface area contributed by atoms with E-state index in [1.54, 1.807) is 0 Å². The monoisotopic (exact) mass is 435 g/mol. The Balaban J connectivity index is 1.54. The second-order valence-corrected chi connectivity index (χ2v) is 9.45. The lowest BCUT2D eigenvalue weighted by atomic mass is 10.0. The fourth-order valence-corrected chi connectivity index (χ4v) is 4.87. The molecule has 0 spiro atoms. The van der Waals surface area contributed by atoms with Gasteiger partial charge in [-0.15, -0.1) is 0 Å². The third kappa shape index (κ3) is 5.07. The van der Waals surface area contributed by atoms with Crippen LogP contribution in [0.5, 0.6) is 6.01 Å². The van der Waals surface area contributed by atoms with E-state index in [2.05, 4.69) is 66.4 Å². The van der Waals surface area contributed by atoms with Crippen LogP contribution in [0.1, 0.15) is 63.1 Å². The van der Waals surface area contributed by atoms with Gasteiger partial charge in [-0.3, -0.25) is 4.90 Å². The predicted molar refractivity (Wildman–Crippen MR) is 131 cm³/mol. The average molecular weight is 436 g/mol. The highest BCUT2D eigenvalue weighted by molar-refractivity contribution is 5.62. The van der Waals surface area contributed by atoms with Crippen LogP contribution in [0.15, 0.2) is 36.4 Å². The highest BCUT2D eigenvalue weighted by atomic mass is 16.5. The van der Waals surface area contributed by atoms with Crippen LogP contribution in [0.2, 0.25) is 0 Å². The molecule has 1 aromatic carbocycles. The number of unbranched alkanes of at least 4 members (excludes halogenated alkanes) is 1. The molecule has 6 heteroatoms. The van der Waals surface area contributed by atoms with Gasteiger partial charge in [-0.25, -0.2) is 0 Å². The van der Waals surface area contributed by atoms with E-state index in [1.807, 2.05) is 0 Å². The van der Waals surface area contributed by atoms with Gasteiger partial charge in [0.15, 0.2) is 0 Å². The summed E-state index contributed by atoms with van der Waals surface area (Å²) in [5.41, 5.74) is 11.0. The Kier molecular flexibility index (Phi) is 6.99. The highest BCUT2D eigenvalue weighted by Gasteiger charge is 2.28. The summed E-state index contributed by atoms with van der Waals surface area (Å²) >= 11 is 0. The topological polar surface area (TPSA) is 67.5 Å². The summed E-state index contributed by atoms with van der Waals surface area (Å²) in [7, 11) is 0. The molecular weight excluding hydrogens is 398 g/mol. The molecule has 0 bridgehead atoms. The Morgan fingerprint density at radius 3 is 2.56 bits per heavy atom. The van der Waals surface area contributed by atoms with Gasteiger partial charge in [0.05, 0.1) is 6.61 Å². The van der Waals surface area contributed by atoms with E-state index in [-0.39, 0.29) is 0 Å². The van der Waals surface area contributed by atoms with Crippen molar-refractivity contribution in [2.45, 2.75) is 78.0 Å². The molecule has 32 heavy (non-hydrogen) atoms. The number of benzene rings is 1. The Morgan fingerprint density at radius 1 is 1.12 bits per heavy atom. The second kappa shape index (κ2) is 9.90. The van der Waals surface area contributed by atoms with Crippen molar-refractivity contribution in [2.75, 3.05) is 23.8 Å². The molecule has 3 heterocycles. The fourth-order valence-electron chi connectivity index (χ4n) is 4.87. The SMILES string of the molecule is C=C1Cc2c(N)nc(OCCCC)nc2N(Cc2cccc(CN3C(C)CCC3C)c2)C1. The van der Waals surface area contributed by atoms with Crippen LogP contribution in [0.4, 0.5) is 11.6 Å². The van der Waals surface area contributed by atoms with Crippen LogP contribution < -0.4 is 15.4 Å². The smallest absolute Gasteiger partial charge is 0.320 e. The lowest BCUT2D eigenvalue weighted by molar-refractivity contribution is 0.205. The van der Waals surface area contributed by atoms with E-state index >= 15 is 0 Å². The Hall–Kier alpha value is -2.60. The Morgan fingerprint density at radius 2 is 1.84 bits per heavy atom. The molecule has 1 aromatic heterocycles. The number of nitrogens with two attached hydrogens (primary N) is 1. The van der Waals surface area contributed by atoms with Crippen LogP contribution in [0.25, 0.3) is 0 Å². The largest absolute Gasteiger partial charge is 0.463 e. The molecule has 172 valence electrons. The van der Waals surface area contributed by atoms with Crippen LogP contribution >= 0.6 is 0 Å². The van der Waals surface area contributed by atoms with Crippen molar-refractivity contribution in [2.24, 2.45) is 0 Å². The molecule has 2 unspecified atom stereocenters. The van der Waals surface area contributed by atoms with Gasteiger partial charge >= 0.3 is 6.01 Å². The molecule has 0 amide bonds. The first-order valence-corrected chi connectivity index (χ1v) is 12.0. The summed E-state index contributed by atoms with van der Waals surface area (Å²) in [6.07, 6.45) is 5.34. The first-order valence-electron chi connectivity index (χ1n) is 12.0. The van der Waals surface area contributed by atoms with Gasteiger partial charge in [0, 0.05) is 43.7 Å². The predicted octanol–water partition coefficient (Wildman–Crippen LogP) is 4.73. The summed E-state index contributed by atoms with van der Waals surface area (Å²) in [5, 5.41) is 0. The summed E-state index contributed by atoms with van der Waals surface area (Å²) < 4.78 is 5.78. The molecule has 0 saturated carbocycles. The lowest BCUT2D eigenvalue weighted by Gasteiger charge is -2.32. The molecule has 2 aromatic rings. The summed E-state index contributed by atoms with van der Waals surface area (Å²) in [6, 6.07) is 10.6. The number of aromatic nitrogens is 2. The van der Waals surface area contributed by atoms with Gasteiger partial charge in [0.25, 0.3) is 0 Å². The third-order valence-corrected chi connectivity index (χ3v) is 6.73. The van der Waals surface area contributed by atoms with Crippen LogP contribution in [0.3, 0.4) is 0 Å². The zero-order valence-corrected chi connectivity index (χ0v) is 19.8. The quantitative estimate of drug-likeness (QED) is 0.478. The molecule has 2 aliphatic rings. The summed E-state index contributed by atoms with van der Waals surface area (Å²) in [5.74, 6) is 1.38. The van der Waals surface area contributed by atoms with E-state index in [4.69, 9.17) is 15.5 Å². The molecule has 2 aliphatic heterocycles. The molecule has 1 saturated heterocycles. The molecule has 6 nitrogen and oxygen atoms in total. The summed E-state index contributed by atoms with van der Waals surface area (Å²) in [6.45, 7) is 14.2. The van der Waals surface area contributed by atoms with E-state index in [9.17, 15) is 0 Å². The van der Waals surface area contributed by atoms with E-state index in [0.717, 1.165) is 55.9 Å². The van der Waals surface area contributed by atoms with Crippen molar-refractivity contribution in [3.8, 4) is 6.01 Å². The standard InChI is InChI=1S/C26H37N5O/c1-5-6-12-32-26-28-24(27)23-13-18(2)15-30(25(23)29-26)16-21-8-7-9-22(14-21)17-31-19(3)10-11-20(31)4/h7-9,14,19-20H,2,5-6,10-13,15-17H2,1,3-4H3,(H2,27,28,29). The van der Waals surface area contributed by atoms with E-state index < -0.39 is 0 Å². The minimum absolute atomic E-state index is 0.373. The molecule has 2 N–H and O–H groups in total. The molecule has 0 aliphatic carbocycles. The number of fused-ring (bicyclic) bond motifs is 1. The average Bonchev–Trinajstić information content (AvgIpc) is 3.07. The first-order chi connectivity index (χ1) is 15.4. The number of hydrogen-bond donors (Lipinski definition) is 1. The molecular formula is C26H37N5O. The van der Waals surface area contributed by atoms with Gasteiger partial charge in [0.2, 0.25) is 0 Å².